The number of nitrogens with two attached hydrogens (primary N) is 2. The lowest BCUT2D eigenvalue weighted by Gasteiger charge is -2.06. The van der Waals surface area contributed by atoms with Gasteiger partial charge >= 0.3 is 5.97 Å². The average molecular weight is 194 g/mol. The molecule has 0 bridgehead atoms. The highest BCUT2D eigenvalue weighted by molar-refractivity contribution is 5.74. The Hall–Kier alpha value is -1.30. The number of hydrogen-bond donors (Lipinski definition) is 5. The molecule has 0 rings (SSSR count). The SMILES string of the molecule is [2H]N=[13C](N([2H])[2H])N([2H])[13C]([2H])([2H])[13C]([2H])([2H])[13C]([2H])([2H])[13C@@]([2H])([13C](=O)O[2H])N([2H])[2H]. The van der Waals surface area contributed by atoms with Crippen molar-refractivity contribution in [2.24, 2.45) is 11.4 Å². The Kier molecular flexibility index (Phi) is 0.801. The Morgan fingerprint density at radius 3 is 3.75 bits per heavy atom. The second kappa shape index (κ2) is 5.36. The summed E-state index contributed by atoms with van der Waals surface area (Å²) >= 11 is 0. The monoisotopic (exact) mass is 194 g/mol. The van der Waals surface area contributed by atoms with Crippen molar-refractivity contribution in [2.75, 3.05) is 6.50 Å². The van der Waals surface area contributed by atoms with Crippen LogP contribution in [0.3, 0.4) is 0 Å². The molecule has 0 aliphatic carbocycles. The van der Waals surface area contributed by atoms with Crippen molar-refractivity contribution >= 4 is 11.9 Å². The molecule has 0 unspecified atom stereocenters. The molecular weight excluding hydrogens is 166 g/mol. The van der Waals surface area contributed by atoms with Gasteiger partial charge in [-0.15, -0.1) is 0 Å². The molecule has 0 aromatic rings. The molecule has 0 saturated carbocycles. The van der Waals surface area contributed by atoms with Crippen LogP contribution in [-0.2, 0) is 4.79 Å². The van der Waals surface area contributed by atoms with Gasteiger partial charge in [-0.1, -0.05) is 0 Å². The first-order valence-corrected chi connectivity index (χ1v) is 2.53. The molecule has 6 nitrogen and oxygen atoms in total. The van der Waals surface area contributed by atoms with Crippen molar-refractivity contribution in [3.05, 3.63) is 0 Å². The second-order valence-corrected chi connectivity index (χ2v) is 1.41. The van der Waals surface area contributed by atoms with E-state index in [4.69, 9.17) is 19.5 Å². The van der Waals surface area contributed by atoms with Gasteiger partial charge in [0.1, 0.15) is 8.84 Å². The van der Waals surface area contributed by atoms with Crippen LogP contribution in [-0.4, -0.2) is 29.6 Å². The van der Waals surface area contributed by atoms with Gasteiger partial charge in [0.2, 0.25) is 0 Å². The van der Waals surface area contributed by atoms with E-state index in [1.165, 1.54) is 0 Å². The van der Waals surface area contributed by atoms with Crippen molar-refractivity contribution in [1.29, 1.82) is 6.83 Å². The minimum Gasteiger partial charge on any atom is -0.480 e. The molecule has 0 aliphatic rings. The molecule has 0 fully saturated rings. The molecule has 6 heteroatoms. The maximum absolute atomic E-state index is 11.6. The average Bonchev–Trinajstić information content (AvgIpc) is 2.52. The lowest BCUT2D eigenvalue weighted by atomic mass is 11.1. The van der Waals surface area contributed by atoms with Crippen LogP contribution in [0.25, 0.3) is 1.43 Å². The van der Waals surface area contributed by atoms with Gasteiger partial charge in [0.15, 0.2) is 11.6 Å². The number of hydrogen-bond acceptors (Lipinski definition) is 4. The summed E-state index contributed by atoms with van der Waals surface area (Å²) in [5.74, 6) is -3.64. The zero-order valence-electron chi connectivity index (χ0n) is 19.6. The van der Waals surface area contributed by atoms with E-state index in [1.807, 2.05) is 0 Å². The highest BCUT2D eigenvalue weighted by Crippen LogP contribution is 1.92. The normalized spacial score (nSPS) is 36.6. The summed E-state index contributed by atoms with van der Waals surface area (Å²) in [4.78, 5) is 11.6. The van der Waals surface area contributed by atoms with E-state index in [0.29, 0.717) is 0 Å². The third-order valence-electron chi connectivity index (χ3n) is 0.586. The number of nitrogens with one attached hydrogen (secondary N) is 2. The zero-order valence-corrected chi connectivity index (χ0v) is 5.61. The van der Waals surface area contributed by atoms with Crippen molar-refractivity contribution in [3.63, 3.8) is 0 Å². The van der Waals surface area contributed by atoms with E-state index in [0.717, 1.165) is 0 Å². The third-order valence-corrected chi connectivity index (χ3v) is 0.586. The Labute approximate surface area is 90.5 Å². The Balaban J connectivity index is 6.45. The maximum atomic E-state index is 11.6. The van der Waals surface area contributed by atoms with Crippen LogP contribution in [0.5, 0.6) is 0 Å². The van der Waals surface area contributed by atoms with E-state index in [9.17, 15) is 4.79 Å². The molecule has 0 aliphatic heterocycles. The number of aliphatic carboxylic acids is 1. The summed E-state index contributed by atoms with van der Waals surface area (Å²) in [5.41, 5.74) is -1.48. The van der Waals surface area contributed by atoms with Gasteiger partial charge in [-0.2, -0.15) is 0 Å². The van der Waals surface area contributed by atoms with Crippen LogP contribution < -0.4 is 16.7 Å². The van der Waals surface area contributed by atoms with Gasteiger partial charge < -0.3 is 21.9 Å². The highest BCUT2D eigenvalue weighted by Gasteiger charge is 2.09. The molecule has 0 aromatic carbocycles. The lowest BCUT2D eigenvalue weighted by Crippen LogP contribution is -2.34. The first-order valence-electron chi connectivity index (χ1n) is 9.12. The maximum Gasteiger partial charge on any atom is 0.320 e. The molecule has 70 valence electrons. The summed E-state index contributed by atoms with van der Waals surface area (Å²) in [7, 11) is 0. The van der Waals surface area contributed by atoms with Crippen LogP contribution in [0, 0.1) is 5.40 Å². The molecule has 12 heavy (non-hydrogen) atoms. The van der Waals surface area contributed by atoms with Crippen LogP contribution >= 0.6 is 0 Å². The molecule has 0 saturated heterocycles. The summed E-state index contributed by atoms with van der Waals surface area (Å²) in [6, 6.07) is -3.91. The van der Waals surface area contributed by atoms with Crippen molar-refractivity contribution in [2.45, 2.75) is 18.8 Å². The number of carbonyl (C=O) groups is 1. The van der Waals surface area contributed by atoms with Crippen LogP contribution in [0.15, 0.2) is 0 Å². The number of carboxylic acids is 1. The van der Waals surface area contributed by atoms with E-state index in [2.05, 4.69) is 10.5 Å². The van der Waals surface area contributed by atoms with E-state index >= 15 is 0 Å². The van der Waals surface area contributed by atoms with Crippen molar-refractivity contribution < 1.29 is 28.0 Å². The number of carboxylic acid groups (broad SMARTS) is 1. The first kappa shape index (κ1) is 1.79. The molecule has 0 radical (unpaired) electrons. The number of guanidine groups is 1. The van der Waals surface area contributed by atoms with Gasteiger partial charge in [-0.25, -0.2) is 0 Å². The van der Waals surface area contributed by atoms with Crippen molar-refractivity contribution in [3.8, 4) is 0 Å². The third kappa shape index (κ3) is 5.48. The van der Waals surface area contributed by atoms with Gasteiger partial charge in [0.25, 0.3) is 1.43 Å². The number of rotatable bonds is 6. The summed E-state index contributed by atoms with van der Waals surface area (Å²) in [6.07, 6.45) is -8.18. The largest absolute Gasteiger partial charge is 0.480 e. The minimum absolute atomic E-state index is 0.545. The molecule has 0 amide bonds. The Morgan fingerprint density at radius 2 is 3.17 bits per heavy atom. The molecule has 7 N–H and O–H groups in total. The van der Waals surface area contributed by atoms with Gasteiger partial charge in [-0.05, 0) is 12.7 Å². The zero-order chi connectivity index (χ0) is 21.3. The van der Waals surface area contributed by atoms with E-state index in [1.54, 1.807) is 0 Å². The summed E-state index contributed by atoms with van der Waals surface area (Å²) in [6.45, 7) is -3.89. The van der Waals surface area contributed by atoms with Crippen LogP contribution in [0.4, 0.5) is 0 Å². The van der Waals surface area contributed by atoms with Crippen LogP contribution in [0.1, 0.15) is 22.3 Å². The minimum atomic E-state index is -4.10. The summed E-state index contributed by atoms with van der Waals surface area (Å²) in [5, 5.41) is 5.19. The predicted molar refractivity (Wildman–Crippen MR) is 44.8 cm³/mol. The Bertz CT molecular complexity index is 554. The molecule has 0 heterocycles. The quantitative estimate of drug-likeness (QED) is 0.203. The van der Waals surface area contributed by atoms with Gasteiger partial charge in [-0.3, -0.25) is 10.2 Å². The second-order valence-electron chi connectivity index (χ2n) is 1.41. The topological polar surface area (TPSA) is 125 Å². The smallest absolute Gasteiger partial charge is 0.320 e. The predicted octanol–water partition coefficient (Wildman–Crippen LogP) is -1.34. The molecular formula is C6H14N4O2. The molecule has 0 spiro atoms. The van der Waals surface area contributed by atoms with Crippen LogP contribution in [0.2, 0.25) is 8.47 Å². The van der Waals surface area contributed by atoms with E-state index in [-0.39, 0.29) is 0 Å². The fraction of sp³-hybridized carbons (Fsp3) is 0.667. The van der Waals surface area contributed by atoms with Crippen molar-refractivity contribution in [1.82, 2.24) is 5.31 Å². The fourth-order valence-corrected chi connectivity index (χ4v) is 0.216. The van der Waals surface area contributed by atoms with Gasteiger partial charge in [0.05, 0.1) is 1.37 Å². The highest BCUT2D eigenvalue weighted by atomic mass is 16.5. The lowest BCUT2D eigenvalue weighted by molar-refractivity contribution is -0.138. The van der Waals surface area contributed by atoms with E-state index < -0.39 is 53.9 Å². The molecule has 1 atom stereocenters. The first-order chi connectivity index (χ1) is 11.5. The Morgan fingerprint density at radius 1 is 2.25 bits per heavy atom. The fourth-order valence-electron chi connectivity index (χ4n) is 0.216. The van der Waals surface area contributed by atoms with Gasteiger partial charge in [0, 0.05) is 14.7 Å². The standard InChI is InChI=1S/C6H14N4O2/c7-4(5(11)12)2-1-3-10-6(8)9/h4H,1-3,7H2,(H,11,12)(H4,8,9,10)/t4-/m0/s1/i1+1D2,2+1D2,3+1D2,4+1D,5+1,6+1/hD7. The molecule has 0 aromatic heterocycles. The summed E-state index contributed by atoms with van der Waals surface area (Å²) < 4.78 is 102.